The molecule has 80 valence electrons. The number of aliphatic hydroxyl groups excluding tert-OH is 1. The molecule has 0 bridgehead atoms. The Balaban J connectivity index is 3.68. The van der Waals surface area contributed by atoms with Gasteiger partial charge < -0.3 is 5.11 Å². The van der Waals surface area contributed by atoms with Gasteiger partial charge in [0.1, 0.15) is 0 Å². The lowest BCUT2D eigenvalue weighted by Crippen LogP contribution is -2.32. The number of sulfonamides is 1. The number of hydrogen-bond donors (Lipinski definition) is 2. The fraction of sp³-hybridized carbons (Fsp3) is 1.00. The van der Waals surface area contributed by atoms with Gasteiger partial charge in [0, 0.05) is 6.54 Å². The fourth-order valence-electron chi connectivity index (χ4n) is 0.862. The van der Waals surface area contributed by atoms with E-state index in [0.29, 0.717) is 6.42 Å². The number of aliphatic hydroxyl groups is 1. The van der Waals surface area contributed by atoms with Crippen LogP contribution in [0.5, 0.6) is 0 Å². The van der Waals surface area contributed by atoms with Crippen LogP contribution < -0.4 is 4.72 Å². The molecular weight excluding hydrogens is 190 g/mol. The van der Waals surface area contributed by atoms with Gasteiger partial charge in [-0.3, -0.25) is 0 Å². The highest BCUT2D eigenvalue weighted by atomic mass is 32.2. The molecule has 4 nitrogen and oxygen atoms in total. The van der Waals surface area contributed by atoms with Crippen LogP contribution in [0.2, 0.25) is 0 Å². The molecule has 13 heavy (non-hydrogen) atoms. The lowest BCUT2D eigenvalue weighted by molar-refractivity contribution is 0.198. The van der Waals surface area contributed by atoms with E-state index >= 15 is 0 Å². The molecule has 0 aliphatic rings. The summed E-state index contributed by atoms with van der Waals surface area (Å²) in [6, 6.07) is 0. The molecule has 0 saturated carbocycles. The van der Waals surface area contributed by atoms with Gasteiger partial charge in [0.2, 0.25) is 10.0 Å². The Morgan fingerprint density at radius 2 is 2.00 bits per heavy atom. The van der Waals surface area contributed by atoms with E-state index < -0.39 is 16.1 Å². The van der Waals surface area contributed by atoms with E-state index in [4.69, 9.17) is 5.11 Å². The molecule has 1 atom stereocenters. The highest BCUT2D eigenvalue weighted by Gasteiger charge is 2.09. The molecule has 0 rings (SSSR count). The molecule has 0 aromatic heterocycles. The minimum Gasteiger partial charge on any atom is -0.392 e. The minimum absolute atomic E-state index is 0.106. The van der Waals surface area contributed by atoms with Crippen molar-refractivity contribution in [3.8, 4) is 0 Å². The van der Waals surface area contributed by atoms with Crippen molar-refractivity contribution in [1.29, 1.82) is 0 Å². The second-order valence-electron chi connectivity index (χ2n) is 3.22. The van der Waals surface area contributed by atoms with E-state index in [0.717, 1.165) is 12.8 Å². The quantitative estimate of drug-likeness (QED) is 0.599. The molecule has 1 unspecified atom stereocenters. The summed E-state index contributed by atoms with van der Waals surface area (Å²) in [6.45, 7) is 3.68. The topological polar surface area (TPSA) is 66.4 Å². The van der Waals surface area contributed by atoms with Gasteiger partial charge in [0.25, 0.3) is 0 Å². The van der Waals surface area contributed by atoms with Crippen LogP contribution in [-0.4, -0.2) is 31.9 Å². The molecule has 0 aromatic carbocycles. The normalized spacial score (nSPS) is 14.4. The van der Waals surface area contributed by atoms with E-state index in [-0.39, 0.29) is 12.3 Å². The van der Waals surface area contributed by atoms with Crippen LogP contribution in [-0.2, 0) is 10.0 Å². The maximum atomic E-state index is 11.2. The van der Waals surface area contributed by atoms with E-state index in [9.17, 15) is 8.42 Å². The van der Waals surface area contributed by atoms with Crippen molar-refractivity contribution in [1.82, 2.24) is 4.72 Å². The fourth-order valence-corrected chi connectivity index (χ4v) is 2.09. The average molecular weight is 209 g/mol. The molecule has 0 fully saturated rings. The smallest absolute Gasteiger partial charge is 0.211 e. The van der Waals surface area contributed by atoms with Crippen LogP contribution in [0.25, 0.3) is 0 Å². The van der Waals surface area contributed by atoms with Crippen LogP contribution >= 0.6 is 0 Å². The summed E-state index contributed by atoms with van der Waals surface area (Å²) < 4.78 is 24.7. The first kappa shape index (κ1) is 12.9. The van der Waals surface area contributed by atoms with Crippen molar-refractivity contribution in [3.63, 3.8) is 0 Å². The number of unbranched alkanes of at least 4 members (excludes halogenated alkanes) is 2. The molecule has 5 heteroatoms. The summed E-state index contributed by atoms with van der Waals surface area (Å²) >= 11 is 0. The molecule has 0 radical (unpaired) electrons. The van der Waals surface area contributed by atoms with Gasteiger partial charge in [-0.05, 0) is 13.3 Å². The van der Waals surface area contributed by atoms with Gasteiger partial charge in [0.15, 0.2) is 0 Å². The van der Waals surface area contributed by atoms with Crippen molar-refractivity contribution in [2.75, 3.05) is 12.3 Å². The van der Waals surface area contributed by atoms with E-state index in [1.54, 1.807) is 6.92 Å². The SMILES string of the molecule is CCCCCS(=O)(=O)NCC(C)O. The summed E-state index contributed by atoms with van der Waals surface area (Å²) in [7, 11) is -3.16. The van der Waals surface area contributed by atoms with E-state index in [1.165, 1.54) is 0 Å². The Labute approximate surface area is 80.4 Å². The first-order valence-electron chi connectivity index (χ1n) is 4.63. The van der Waals surface area contributed by atoms with Gasteiger partial charge >= 0.3 is 0 Å². The summed E-state index contributed by atoms with van der Waals surface area (Å²) in [6.07, 6.45) is 1.99. The van der Waals surface area contributed by atoms with Crippen molar-refractivity contribution in [3.05, 3.63) is 0 Å². The standard InChI is InChI=1S/C8H19NO3S/c1-3-4-5-6-13(11,12)9-7-8(2)10/h8-10H,3-7H2,1-2H3. The third kappa shape index (κ3) is 8.21. The van der Waals surface area contributed by atoms with Crippen molar-refractivity contribution in [2.24, 2.45) is 0 Å². The predicted octanol–water partition coefficient (Wildman–Crippen LogP) is 0.477. The molecule has 0 aliphatic heterocycles. The number of rotatable bonds is 7. The number of nitrogens with one attached hydrogen (secondary N) is 1. The first-order valence-corrected chi connectivity index (χ1v) is 6.28. The van der Waals surface area contributed by atoms with Gasteiger partial charge in [-0.25, -0.2) is 13.1 Å². The van der Waals surface area contributed by atoms with Gasteiger partial charge in [-0.15, -0.1) is 0 Å². The summed E-state index contributed by atoms with van der Waals surface area (Å²) in [5, 5.41) is 8.86. The Bertz CT molecular complexity index is 211. The maximum Gasteiger partial charge on any atom is 0.211 e. The number of hydrogen-bond acceptors (Lipinski definition) is 3. The van der Waals surface area contributed by atoms with Gasteiger partial charge in [-0.2, -0.15) is 0 Å². The Morgan fingerprint density at radius 3 is 2.46 bits per heavy atom. The largest absolute Gasteiger partial charge is 0.392 e. The Hall–Kier alpha value is -0.130. The van der Waals surface area contributed by atoms with Gasteiger partial charge in [-0.1, -0.05) is 19.8 Å². The molecule has 0 saturated heterocycles. The highest BCUT2D eigenvalue weighted by molar-refractivity contribution is 7.89. The molecule has 0 aliphatic carbocycles. The molecule has 0 aromatic rings. The Kier molecular flexibility index (Phi) is 6.28. The molecular formula is C8H19NO3S. The van der Waals surface area contributed by atoms with E-state index in [1.807, 2.05) is 6.92 Å². The van der Waals surface area contributed by atoms with Crippen molar-refractivity contribution in [2.45, 2.75) is 39.2 Å². The van der Waals surface area contributed by atoms with Crippen LogP contribution in [0.15, 0.2) is 0 Å². The second kappa shape index (κ2) is 6.34. The van der Waals surface area contributed by atoms with Crippen LogP contribution in [0, 0.1) is 0 Å². The summed E-state index contributed by atoms with van der Waals surface area (Å²) in [5.74, 6) is 0.160. The zero-order valence-corrected chi connectivity index (χ0v) is 9.10. The van der Waals surface area contributed by atoms with Crippen LogP contribution in [0.1, 0.15) is 33.1 Å². The summed E-state index contributed by atoms with van der Waals surface area (Å²) in [5.41, 5.74) is 0. The van der Waals surface area contributed by atoms with Crippen molar-refractivity contribution >= 4 is 10.0 Å². The van der Waals surface area contributed by atoms with Crippen molar-refractivity contribution < 1.29 is 13.5 Å². The highest BCUT2D eigenvalue weighted by Crippen LogP contribution is 1.97. The lowest BCUT2D eigenvalue weighted by atomic mass is 10.3. The lowest BCUT2D eigenvalue weighted by Gasteiger charge is -2.07. The minimum atomic E-state index is -3.16. The zero-order chi connectivity index (χ0) is 10.3. The Morgan fingerprint density at radius 1 is 1.38 bits per heavy atom. The average Bonchev–Trinajstić information content (AvgIpc) is 2.02. The third-order valence-corrected chi connectivity index (χ3v) is 3.05. The monoisotopic (exact) mass is 209 g/mol. The van der Waals surface area contributed by atoms with E-state index in [2.05, 4.69) is 4.72 Å². The molecule has 0 heterocycles. The van der Waals surface area contributed by atoms with Crippen LogP contribution in [0.3, 0.4) is 0 Å². The summed E-state index contributed by atoms with van der Waals surface area (Å²) in [4.78, 5) is 0. The first-order chi connectivity index (χ1) is 5.98. The molecule has 2 N–H and O–H groups in total. The molecule has 0 spiro atoms. The second-order valence-corrected chi connectivity index (χ2v) is 5.15. The van der Waals surface area contributed by atoms with Gasteiger partial charge in [0.05, 0.1) is 11.9 Å². The zero-order valence-electron chi connectivity index (χ0n) is 8.28. The van der Waals surface area contributed by atoms with Crippen LogP contribution in [0.4, 0.5) is 0 Å². The third-order valence-electron chi connectivity index (χ3n) is 1.62. The maximum absolute atomic E-state index is 11.2. The molecule has 0 amide bonds. The predicted molar refractivity (Wildman–Crippen MR) is 53.0 cm³/mol.